The number of esters is 1. The van der Waals surface area contributed by atoms with Gasteiger partial charge in [-0.25, -0.2) is 43.5 Å². The number of carboxylic acid groups (broad SMARTS) is 1. The molecule has 2 aliphatic heterocycles. The van der Waals surface area contributed by atoms with Crippen molar-refractivity contribution in [2.45, 2.75) is 82.8 Å². The molecule has 0 spiro atoms. The minimum absolute atomic E-state index is 0. The van der Waals surface area contributed by atoms with Gasteiger partial charge in [-0.2, -0.15) is 0 Å². The van der Waals surface area contributed by atoms with Crippen molar-refractivity contribution in [3.63, 3.8) is 0 Å². The van der Waals surface area contributed by atoms with E-state index in [1.807, 2.05) is 13.0 Å². The van der Waals surface area contributed by atoms with Gasteiger partial charge in [-0.3, -0.25) is 23.5 Å². The van der Waals surface area contributed by atoms with Gasteiger partial charge in [-0.15, -0.1) is 0 Å². The summed E-state index contributed by atoms with van der Waals surface area (Å²) < 4.78 is 54.2. The van der Waals surface area contributed by atoms with Crippen LogP contribution in [0, 0.1) is 0 Å². The molecule has 0 bridgehead atoms. The number of rotatable bonds is 10. The zero-order valence-corrected chi connectivity index (χ0v) is 32.9. The number of nitrogens with zero attached hydrogens (tertiary/aromatic N) is 8. The highest BCUT2D eigenvalue weighted by molar-refractivity contribution is 6.07. The Kier molecular flexibility index (Phi) is 13.5. The molecule has 6 aromatic rings. The number of fused-ring (bicyclic) bond motifs is 2. The molecule has 6 N–H and O–H groups in total. The third-order valence-electron chi connectivity index (χ3n) is 9.68. The quantitative estimate of drug-likeness (QED) is 0.122. The van der Waals surface area contributed by atoms with E-state index in [9.17, 15) is 23.6 Å². The molecule has 2 aromatic carbocycles. The largest absolute Gasteiger partial charge is 0.506 e. The van der Waals surface area contributed by atoms with Crippen LogP contribution in [-0.4, -0.2) is 105 Å². The molecule has 0 radical (unpaired) electrons. The van der Waals surface area contributed by atoms with Crippen LogP contribution in [0.1, 0.15) is 66.8 Å². The number of alkyl halides is 2. The normalized spacial score (nSPS) is 23.0. The van der Waals surface area contributed by atoms with Crippen molar-refractivity contribution in [3.8, 4) is 0 Å². The molecule has 20 nitrogen and oxygen atoms in total. The summed E-state index contributed by atoms with van der Waals surface area (Å²) in [6.07, 6.45) is -4.86. The van der Waals surface area contributed by atoms with Gasteiger partial charge in [0.1, 0.15) is 24.9 Å². The van der Waals surface area contributed by atoms with Gasteiger partial charge in [0.2, 0.25) is 0 Å². The van der Waals surface area contributed by atoms with Crippen LogP contribution in [0.4, 0.5) is 25.2 Å². The Morgan fingerprint density at radius 2 is 1.08 bits per heavy atom. The van der Waals surface area contributed by atoms with Crippen LogP contribution in [0.15, 0.2) is 86.0 Å². The highest BCUT2D eigenvalue weighted by Crippen LogP contribution is 2.38. The summed E-state index contributed by atoms with van der Waals surface area (Å²) in [5, 5.41) is 14.3. The highest BCUT2D eigenvalue weighted by Gasteiger charge is 2.49. The van der Waals surface area contributed by atoms with Gasteiger partial charge >= 0.3 is 12.1 Å². The van der Waals surface area contributed by atoms with Crippen LogP contribution in [0.3, 0.4) is 0 Å². The molecule has 0 aliphatic carbocycles. The molecule has 0 saturated carbocycles. The summed E-state index contributed by atoms with van der Waals surface area (Å²) in [5.41, 5.74) is 1.95. The smallest absolute Gasteiger partial charge is 0.456 e. The first-order valence-corrected chi connectivity index (χ1v) is 18.7. The Morgan fingerprint density at radius 3 is 1.46 bits per heavy atom. The second-order valence-corrected chi connectivity index (χ2v) is 13.5. The molecule has 61 heavy (non-hydrogen) atoms. The summed E-state index contributed by atoms with van der Waals surface area (Å²) in [4.78, 5) is 72.1. The van der Waals surface area contributed by atoms with Crippen LogP contribution in [0.5, 0.6) is 0 Å². The first-order chi connectivity index (χ1) is 29.0. The van der Waals surface area contributed by atoms with Crippen molar-refractivity contribution in [2.24, 2.45) is 0 Å². The molecule has 2 fully saturated rings. The molecule has 8 atom stereocenters. The van der Waals surface area contributed by atoms with E-state index in [4.69, 9.17) is 19.3 Å². The van der Waals surface area contributed by atoms with Gasteiger partial charge in [-0.1, -0.05) is 50.2 Å². The number of carbonyl (C=O) groups excluding carboxylic acids is 3. The lowest BCUT2D eigenvalue weighted by Gasteiger charge is -2.17. The summed E-state index contributed by atoms with van der Waals surface area (Å²) in [7, 11) is 0. The monoisotopic (exact) mass is 845 g/mol. The van der Waals surface area contributed by atoms with Crippen LogP contribution in [0.25, 0.3) is 22.3 Å². The lowest BCUT2D eigenvalue weighted by atomic mass is 10.1. The topological polar surface area (TPSA) is 272 Å². The predicted octanol–water partition coefficient (Wildman–Crippen LogP) is 5.61. The predicted molar refractivity (Wildman–Crippen MR) is 211 cm³/mol. The number of nitrogens with one attached hydrogen (secondary N) is 2. The van der Waals surface area contributed by atoms with Gasteiger partial charge in [0.15, 0.2) is 71.0 Å². The Morgan fingerprint density at radius 1 is 0.672 bits per heavy atom. The van der Waals surface area contributed by atoms with Crippen molar-refractivity contribution >= 4 is 57.9 Å². The van der Waals surface area contributed by atoms with Crippen molar-refractivity contribution in [1.29, 1.82) is 0 Å². The zero-order valence-electron chi connectivity index (χ0n) is 32.9. The second-order valence-electron chi connectivity index (χ2n) is 13.5. The highest BCUT2D eigenvalue weighted by atomic mass is 19.1. The van der Waals surface area contributed by atoms with Crippen molar-refractivity contribution in [3.05, 3.63) is 97.1 Å². The minimum Gasteiger partial charge on any atom is -0.456 e. The fraction of sp³-hybridized carbons (Fsp3) is 0.333. The number of hydrogen-bond acceptors (Lipinski definition) is 15. The van der Waals surface area contributed by atoms with E-state index < -0.39 is 61.3 Å². The number of halogens is 2. The molecule has 8 rings (SSSR count). The molecule has 0 unspecified atom stereocenters. The summed E-state index contributed by atoms with van der Waals surface area (Å²) in [6.45, 7) is 4.79. The molecular weight excluding hydrogens is 804 g/mol. The van der Waals surface area contributed by atoms with E-state index in [1.54, 1.807) is 61.5 Å². The van der Waals surface area contributed by atoms with Crippen molar-refractivity contribution in [2.75, 3.05) is 10.6 Å². The molecule has 2 saturated heterocycles. The summed E-state index contributed by atoms with van der Waals surface area (Å²) >= 11 is 0. The number of ether oxygens (including phenoxy) is 4. The average molecular weight is 846 g/mol. The molecule has 2 amide bonds. The summed E-state index contributed by atoms with van der Waals surface area (Å²) in [5.74, 6) is -0.955. The SMILES string of the molecule is CC[C@H]1O[C@@H](n2cnc3c(NC(=O)c4ccccc4)ncnc32)[C@@H](F)[C@H]1OC(=O)O.CC[C@H]1O[C@@H](n2cnc3c(NC(=O)c4ccccc4)ncnc32)[C@@H](F)[C@H]1OC(C)=O.N. The number of hydrogen-bond donors (Lipinski definition) is 4. The third kappa shape index (κ3) is 9.10. The minimum atomic E-state index is -1.76. The standard InChI is InChI=1S/C20H20FN5O4.C19H18FN5O5.H3N/c1-3-13-16(29-11(2)27)14(21)20(30-13)26-10-24-15-17(22-9-23-18(15)26)25-19(28)12-7-5-4-6-8-12;1-2-11-14(30-19(27)28)12(20)18(29-11)25-9-23-13-15(21-8-22-16(13)25)24-17(26)10-6-4-3-5-7-10;/h4-10,13-14,16,20H,3H2,1-2H3,(H,22,23,25,28);3-9,11-12,14,18H,2H2,1H3,(H,27,28)(H,21,22,24,26);1H3/t13-,14+,16+,20-;11-,12+,14+,18-;/m11./s1. The van der Waals surface area contributed by atoms with E-state index in [-0.39, 0.29) is 40.8 Å². The van der Waals surface area contributed by atoms with Crippen molar-refractivity contribution in [1.82, 2.24) is 45.2 Å². The van der Waals surface area contributed by atoms with Gasteiger partial charge in [0.25, 0.3) is 11.8 Å². The molecule has 6 heterocycles. The second kappa shape index (κ2) is 18.9. The Balaban J connectivity index is 0.000000201. The maximum absolute atomic E-state index is 15.1. The number of carbonyl (C=O) groups is 4. The number of imidazole rings is 2. The van der Waals surface area contributed by atoms with Crippen LogP contribution in [0.2, 0.25) is 0 Å². The fourth-order valence-corrected chi connectivity index (χ4v) is 6.88. The van der Waals surface area contributed by atoms with E-state index in [1.165, 1.54) is 41.4 Å². The fourth-order valence-electron chi connectivity index (χ4n) is 6.88. The van der Waals surface area contributed by atoms with E-state index >= 15 is 4.39 Å². The third-order valence-corrected chi connectivity index (χ3v) is 9.68. The number of amides is 2. The Hall–Kier alpha value is -7.04. The molecule has 4 aromatic heterocycles. The lowest BCUT2D eigenvalue weighted by molar-refractivity contribution is -0.151. The first-order valence-electron chi connectivity index (χ1n) is 18.7. The first kappa shape index (κ1) is 43.5. The molecule has 2 aliphatic rings. The molecule has 22 heteroatoms. The summed E-state index contributed by atoms with van der Waals surface area (Å²) in [6, 6.07) is 17.2. The number of anilines is 2. The Bertz CT molecular complexity index is 2320. The van der Waals surface area contributed by atoms with Gasteiger partial charge in [0.05, 0.1) is 12.7 Å². The Labute approximate surface area is 345 Å². The van der Waals surface area contributed by atoms with Gasteiger partial charge in [-0.05, 0) is 37.1 Å². The van der Waals surface area contributed by atoms with Crippen LogP contribution >= 0.6 is 0 Å². The maximum Gasteiger partial charge on any atom is 0.506 e. The number of aromatic nitrogens is 8. The van der Waals surface area contributed by atoms with Crippen molar-refractivity contribution < 1.29 is 52.0 Å². The van der Waals surface area contributed by atoms with Crippen LogP contribution in [-0.2, 0) is 23.7 Å². The number of benzene rings is 2. The zero-order chi connectivity index (χ0) is 42.5. The van der Waals surface area contributed by atoms with E-state index in [0.717, 1.165) is 0 Å². The van der Waals surface area contributed by atoms with E-state index in [2.05, 4.69) is 45.3 Å². The van der Waals surface area contributed by atoms with Gasteiger partial charge < -0.3 is 40.8 Å². The average Bonchev–Trinajstić information content (AvgIpc) is 4.03. The van der Waals surface area contributed by atoms with Gasteiger partial charge in [0, 0.05) is 18.1 Å². The molecular formula is C39H41F2N11O9. The van der Waals surface area contributed by atoms with Crippen LogP contribution < -0.4 is 16.8 Å². The molecule has 320 valence electrons. The van der Waals surface area contributed by atoms with E-state index in [0.29, 0.717) is 35.1 Å². The lowest BCUT2D eigenvalue weighted by Crippen LogP contribution is -2.33. The maximum atomic E-state index is 15.1.